The van der Waals surface area contributed by atoms with Crippen LogP contribution in [-0.4, -0.2) is 10.2 Å². The highest BCUT2D eigenvalue weighted by atomic mass is 16.3. The van der Waals surface area contributed by atoms with E-state index in [1.807, 2.05) is 60.7 Å². The molecule has 0 atom stereocenters. The number of phenolic OH excluding ortho intramolecular Hbond substituents is 2. The first-order valence-electron chi connectivity index (χ1n) is 9.01. The molecule has 0 heterocycles. The van der Waals surface area contributed by atoms with E-state index in [4.69, 9.17) is 0 Å². The van der Waals surface area contributed by atoms with Gasteiger partial charge in [0.1, 0.15) is 11.5 Å². The summed E-state index contributed by atoms with van der Waals surface area (Å²) in [5, 5.41) is 21.7. The lowest BCUT2D eigenvalue weighted by molar-refractivity contribution is 0.448. The van der Waals surface area contributed by atoms with Crippen LogP contribution in [0.25, 0.3) is 11.1 Å². The number of hydrogen-bond donors (Lipinski definition) is 2. The van der Waals surface area contributed by atoms with E-state index >= 15 is 0 Å². The van der Waals surface area contributed by atoms with Gasteiger partial charge in [-0.2, -0.15) is 0 Å². The molecule has 0 bridgehead atoms. The van der Waals surface area contributed by atoms with Crippen LogP contribution < -0.4 is 0 Å². The van der Waals surface area contributed by atoms with Gasteiger partial charge in [0.2, 0.25) is 0 Å². The minimum atomic E-state index is -0.774. The molecule has 4 aromatic carbocycles. The molecule has 0 saturated heterocycles. The highest BCUT2D eigenvalue weighted by Gasteiger charge is 2.48. The van der Waals surface area contributed by atoms with Crippen LogP contribution in [0.1, 0.15) is 22.3 Å². The van der Waals surface area contributed by atoms with Gasteiger partial charge in [-0.25, -0.2) is 0 Å². The first-order chi connectivity index (χ1) is 13.2. The zero-order chi connectivity index (χ0) is 18.4. The molecule has 2 nitrogen and oxygen atoms in total. The summed E-state index contributed by atoms with van der Waals surface area (Å²) in [6.45, 7) is 0. The lowest BCUT2D eigenvalue weighted by atomic mass is 9.67. The molecule has 0 spiro atoms. The number of benzene rings is 4. The molecule has 2 heteroatoms. The van der Waals surface area contributed by atoms with Crippen LogP contribution in [0.2, 0.25) is 0 Å². The van der Waals surface area contributed by atoms with E-state index in [1.165, 1.54) is 0 Å². The largest absolute Gasteiger partial charge is 0.508 e. The summed E-state index contributed by atoms with van der Waals surface area (Å²) >= 11 is 0. The van der Waals surface area contributed by atoms with E-state index in [9.17, 15) is 10.2 Å². The van der Waals surface area contributed by atoms with Crippen molar-refractivity contribution in [3.05, 3.63) is 119 Å². The SMILES string of the molecule is Oc1ccccc1C1(c2ccccc2O)c2ccccc2-c2ccccc21. The Balaban J connectivity index is 2.03. The van der Waals surface area contributed by atoms with E-state index in [1.54, 1.807) is 12.1 Å². The average Bonchev–Trinajstić information content (AvgIpc) is 3.00. The second-order valence-corrected chi connectivity index (χ2v) is 6.88. The number of phenols is 2. The van der Waals surface area contributed by atoms with E-state index < -0.39 is 5.41 Å². The Bertz CT molecular complexity index is 1070. The van der Waals surface area contributed by atoms with Gasteiger partial charge in [0.15, 0.2) is 0 Å². The standard InChI is InChI=1S/C25H18O2/c26-23-15-7-5-13-21(23)25(22-14-6-8-16-24(22)27)19-11-3-1-9-17(19)18-10-2-4-12-20(18)25/h1-16,26-27H. The van der Waals surface area contributed by atoms with Crippen LogP contribution in [0.4, 0.5) is 0 Å². The predicted octanol–water partition coefficient (Wildman–Crippen LogP) is 5.46. The number of para-hydroxylation sites is 2. The first kappa shape index (κ1) is 15.7. The highest BCUT2D eigenvalue weighted by molar-refractivity contribution is 5.87. The zero-order valence-corrected chi connectivity index (χ0v) is 14.6. The Morgan fingerprint density at radius 2 is 0.741 bits per heavy atom. The van der Waals surface area contributed by atoms with Gasteiger partial charge in [0.25, 0.3) is 0 Å². The summed E-state index contributed by atoms with van der Waals surface area (Å²) in [5.41, 5.74) is 5.14. The molecule has 0 radical (unpaired) electrons. The van der Waals surface area contributed by atoms with Gasteiger partial charge in [0, 0.05) is 11.1 Å². The van der Waals surface area contributed by atoms with Crippen LogP contribution >= 0.6 is 0 Å². The van der Waals surface area contributed by atoms with Crippen LogP contribution in [0, 0.1) is 0 Å². The van der Waals surface area contributed by atoms with Gasteiger partial charge in [-0.3, -0.25) is 0 Å². The zero-order valence-electron chi connectivity index (χ0n) is 14.6. The first-order valence-corrected chi connectivity index (χ1v) is 9.01. The van der Waals surface area contributed by atoms with Gasteiger partial charge in [-0.15, -0.1) is 0 Å². The van der Waals surface area contributed by atoms with Gasteiger partial charge in [-0.1, -0.05) is 84.9 Å². The molecular formula is C25H18O2. The fraction of sp³-hybridized carbons (Fsp3) is 0.0400. The molecule has 4 aromatic rings. The smallest absolute Gasteiger partial charge is 0.120 e. The summed E-state index contributed by atoms with van der Waals surface area (Å²) in [6.07, 6.45) is 0. The van der Waals surface area contributed by atoms with E-state index in [0.29, 0.717) is 0 Å². The molecule has 0 amide bonds. The van der Waals surface area contributed by atoms with Crippen LogP contribution in [0.3, 0.4) is 0 Å². The fourth-order valence-corrected chi connectivity index (χ4v) is 4.54. The Labute approximate surface area is 158 Å². The average molecular weight is 350 g/mol. The van der Waals surface area contributed by atoms with Crippen LogP contribution in [-0.2, 0) is 5.41 Å². The van der Waals surface area contributed by atoms with Gasteiger partial charge < -0.3 is 10.2 Å². The van der Waals surface area contributed by atoms with Crippen molar-refractivity contribution >= 4 is 0 Å². The van der Waals surface area contributed by atoms with Gasteiger partial charge in [0.05, 0.1) is 5.41 Å². The fourth-order valence-electron chi connectivity index (χ4n) is 4.54. The maximum absolute atomic E-state index is 10.9. The van der Waals surface area contributed by atoms with E-state index in [0.717, 1.165) is 33.4 Å². The van der Waals surface area contributed by atoms with Crippen molar-refractivity contribution in [2.24, 2.45) is 0 Å². The van der Waals surface area contributed by atoms with Crippen molar-refractivity contribution in [2.75, 3.05) is 0 Å². The minimum Gasteiger partial charge on any atom is -0.508 e. The summed E-state index contributed by atoms with van der Waals surface area (Å²) in [4.78, 5) is 0. The van der Waals surface area contributed by atoms with Gasteiger partial charge in [-0.05, 0) is 34.4 Å². The number of hydrogen-bond acceptors (Lipinski definition) is 2. The second kappa shape index (κ2) is 5.75. The Hall–Kier alpha value is -3.52. The van der Waals surface area contributed by atoms with Crippen molar-refractivity contribution in [3.8, 4) is 22.6 Å². The molecule has 0 saturated carbocycles. The maximum atomic E-state index is 10.9. The summed E-state index contributed by atoms with van der Waals surface area (Å²) in [6, 6.07) is 31.3. The number of rotatable bonds is 2. The lowest BCUT2D eigenvalue weighted by Crippen LogP contribution is -2.28. The molecule has 2 N–H and O–H groups in total. The third-order valence-corrected chi connectivity index (χ3v) is 5.57. The van der Waals surface area contributed by atoms with Gasteiger partial charge >= 0.3 is 0 Å². The third-order valence-electron chi connectivity index (χ3n) is 5.57. The Kier molecular flexibility index (Phi) is 3.34. The molecule has 1 aliphatic carbocycles. The molecule has 130 valence electrons. The topological polar surface area (TPSA) is 40.5 Å². The van der Waals surface area contributed by atoms with Crippen molar-refractivity contribution in [2.45, 2.75) is 5.41 Å². The molecule has 0 unspecified atom stereocenters. The predicted molar refractivity (Wildman–Crippen MR) is 107 cm³/mol. The van der Waals surface area contributed by atoms with Crippen LogP contribution in [0.15, 0.2) is 97.1 Å². The Morgan fingerprint density at radius 1 is 0.407 bits per heavy atom. The maximum Gasteiger partial charge on any atom is 0.120 e. The van der Waals surface area contributed by atoms with Crippen molar-refractivity contribution in [1.29, 1.82) is 0 Å². The molecule has 0 fully saturated rings. The summed E-state index contributed by atoms with van der Waals surface area (Å²) in [7, 11) is 0. The quantitative estimate of drug-likeness (QED) is 0.444. The van der Waals surface area contributed by atoms with Crippen molar-refractivity contribution < 1.29 is 10.2 Å². The summed E-state index contributed by atoms with van der Waals surface area (Å²) < 4.78 is 0. The summed E-state index contributed by atoms with van der Waals surface area (Å²) in [5.74, 6) is 0.430. The number of aromatic hydroxyl groups is 2. The molecular weight excluding hydrogens is 332 g/mol. The highest BCUT2D eigenvalue weighted by Crippen LogP contribution is 2.58. The van der Waals surface area contributed by atoms with E-state index in [-0.39, 0.29) is 11.5 Å². The lowest BCUT2D eigenvalue weighted by Gasteiger charge is -2.34. The molecule has 0 aliphatic heterocycles. The monoisotopic (exact) mass is 350 g/mol. The van der Waals surface area contributed by atoms with Crippen molar-refractivity contribution in [3.63, 3.8) is 0 Å². The van der Waals surface area contributed by atoms with E-state index in [2.05, 4.69) is 24.3 Å². The number of fused-ring (bicyclic) bond motifs is 3. The normalized spacial score (nSPS) is 13.8. The second-order valence-electron chi connectivity index (χ2n) is 6.88. The molecule has 5 rings (SSSR count). The molecule has 0 aromatic heterocycles. The Morgan fingerprint density at radius 3 is 1.15 bits per heavy atom. The minimum absolute atomic E-state index is 0.215. The molecule has 27 heavy (non-hydrogen) atoms. The van der Waals surface area contributed by atoms with Crippen LogP contribution in [0.5, 0.6) is 11.5 Å². The third kappa shape index (κ3) is 2.01. The molecule has 1 aliphatic rings. The van der Waals surface area contributed by atoms with Crippen molar-refractivity contribution in [1.82, 2.24) is 0 Å².